The van der Waals surface area contributed by atoms with Crippen molar-refractivity contribution in [3.8, 4) is 0 Å². The summed E-state index contributed by atoms with van der Waals surface area (Å²) in [7, 11) is 0. The van der Waals surface area contributed by atoms with Crippen LogP contribution >= 0.6 is 23.2 Å². The molecule has 1 N–H and O–H groups in total. The Kier molecular flexibility index (Phi) is 4.12. The average molecular weight is 259 g/mol. The molecule has 1 fully saturated rings. The minimum atomic E-state index is 0.197. The van der Waals surface area contributed by atoms with Crippen LogP contribution in [-0.4, -0.2) is 11.7 Å². The largest absolute Gasteiger partial charge is 0.396 e. The minimum absolute atomic E-state index is 0.197. The van der Waals surface area contributed by atoms with E-state index in [1.54, 1.807) is 0 Å². The van der Waals surface area contributed by atoms with E-state index in [4.69, 9.17) is 23.2 Å². The number of hydrogen-bond acceptors (Lipinski definition) is 1. The van der Waals surface area contributed by atoms with Crippen LogP contribution in [0.2, 0.25) is 10.0 Å². The van der Waals surface area contributed by atoms with Gasteiger partial charge in [0.15, 0.2) is 0 Å². The van der Waals surface area contributed by atoms with E-state index in [1.165, 1.54) is 25.7 Å². The zero-order chi connectivity index (χ0) is 11.5. The highest BCUT2D eigenvalue weighted by atomic mass is 35.5. The maximum absolute atomic E-state index is 9.52. The molecule has 88 valence electrons. The van der Waals surface area contributed by atoms with Crippen LogP contribution in [-0.2, 0) is 0 Å². The number of benzene rings is 1. The lowest BCUT2D eigenvalue weighted by atomic mass is 9.85. The van der Waals surface area contributed by atoms with Crippen molar-refractivity contribution < 1.29 is 5.11 Å². The van der Waals surface area contributed by atoms with Crippen LogP contribution in [0.15, 0.2) is 18.2 Å². The molecule has 0 amide bonds. The highest BCUT2D eigenvalue weighted by molar-refractivity contribution is 6.42. The summed E-state index contributed by atoms with van der Waals surface area (Å²) in [5, 5.41) is 10.7. The fourth-order valence-corrected chi connectivity index (χ4v) is 2.94. The van der Waals surface area contributed by atoms with Gasteiger partial charge in [0.05, 0.1) is 16.7 Å². The molecule has 1 aromatic rings. The zero-order valence-corrected chi connectivity index (χ0v) is 10.6. The molecule has 1 nitrogen and oxygen atoms in total. The summed E-state index contributed by atoms with van der Waals surface area (Å²) in [4.78, 5) is 0. The number of hydrogen-bond donors (Lipinski definition) is 1. The second-order valence-electron chi connectivity index (χ2n) is 4.51. The van der Waals surface area contributed by atoms with Crippen molar-refractivity contribution in [3.63, 3.8) is 0 Å². The number of aliphatic hydroxyl groups is 1. The molecule has 0 saturated heterocycles. The monoisotopic (exact) mass is 258 g/mol. The highest BCUT2D eigenvalue weighted by Crippen LogP contribution is 2.38. The standard InChI is InChI=1S/C13H16Cl2O/c14-12-6-5-10(7-13(12)15)11(8-16)9-3-1-2-4-9/h5-7,9,11,16H,1-4,8H2. The van der Waals surface area contributed by atoms with E-state index in [-0.39, 0.29) is 12.5 Å². The summed E-state index contributed by atoms with van der Waals surface area (Å²) in [5.74, 6) is 0.819. The van der Waals surface area contributed by atoms with E-state index < -0.39 is 0 Å². The summed E-state index contributed by atoms with van der Waals surface area (Å²) in [6.45, 7) is 0.197. The lowest BCUT2D eigenvalue weighted by molar-refractivity contribution is 0.226. The molecule has 0 aliphatic heterocycles. The first-order chi connectivity index (χ1) is 7.72. The van der Waals surface area contributed by atoms with Crippen molar-refractivity contribution in [3.05, 3.63) is 33.8 Å². The maximum atomic E-state index is 9.52. The number of aliphatic hydroxyl groups excluding tert-OH is 1. The quantitative estimate of drug-likeness (QED) is 0.859. The van der Waals surface area contributed by atoms with Gasteiger partial charge in [0.2, 0.25) is 0 Å². The molecule has 2 rings (SSSR count). The van der Waals surface area contributed by atoms with Crippen molar-refractivity contribution >= 4 is 23.2 Å². The molecule has 0 spiro atoms. The lowest BCUT2D eigenvalue weighted by Crippen LogP contribution is -2.13. The van der Waals surface area contributed by atoms with Gasteiger partial charge in [-0.25, -0.2) is 0 Å². The highest BCUT2D eigenvalue weighted by Gasteiger charge is 2.25. The van der Waals surface area contributed by atoms with Gasteiger partial charge in [-0.05, 0) is 36.5 Å². The van der Waals surface area contributed by atoms with Gasteiger partial charge in [-0.15, -0.1) is 0 Å². The molecule has 1 unspecified atom stereocenters. The molecule has 1 aliphatic carbocycles. The SMILES string of the molecule is OCC(c1ccc(Cl)c(Cl)c1)C1CCCC1. The molecule has 16 heavy (non-hydrogen) atoms. The first-order valence-corrected chi connectivity index (χ1v) is 6.53. The Morgan fingerprint density at radius 3 is 2.44 bits per heavy atom. The Morgan fingerprint density at radius 1 is 1.19 bits per heavy atom. The van der Waals surface area contributed by atoms with E-state index in [0.29, 0.717) is 16.0 Å². The molecule has 1 aromatic carbocycles. The smallest absolute Gasteiger partial charge is 0.0595 e. The zero-order valence-electron chi connectivity index (χ0n) is 9.13. The van der Waals surface area contributed by atoms with E-state index in [2.05, 4.69) is 0 Å². The molecule has 3 heteroatoms. The Labute approximate surface area is 106 Å². The van der Waals surface area contributed by atoms with Gasteiger partial charge in [0, 0.05) is 5.92 Å². The summed E-state index contributed by atoms with van der Waals surface area (Å²) in [5.41, 5.74) is 1.11. The minimum Gasteiger partial charge on any atom is -0.396 e. The fourth-order valence-electron chi connectivity index (χ4n) is 2.63. The van der Waals surface area contributed by atoms with Crippen molar-refractivity contribution in [2.24, 2.45) is 5.92 Å². The van der Waals surface area contributed by atoms with Gasteiger partial charge in [-0.2, -0.15) is 0 Å². The van der Waals surface area contributed by atoms with Gasteiger partial charge in [0.25, 0.3) is 0 Å². The summed E-state index contributed by atoms with van der Waals surface area (Å²) in [6, 6.07) is 5.69. The van der Waals surface area contributed by atoms with Crippen LogP contribution in [0.25, 0.3) is 0 Å². The van der Waals surface area contributed by atoms with Crippen LogP contribution in [0, 0.1) is 5.92 Å². The Bertz CT molecular complexity index is 359. The summed E-state index contributed by atoms with van der Waals surface area (Å²) < 4.78 is 0. The third kappa shape index (κ3) is 2.53. The van der Waals surface area contributed by atoms with Crippen molar-refractivity contribution in [1.29, 1.82) is 0 Å². The number of rotatable bonds is 3. The van der Waals surface area contributed by atoms with Crippen LogP contribution < -0.4 is 0 Å². The molecular formula is C13H16Cl2O. The van der Waals surface area contributed by atoms with E-state index >= 15 is 0 Å². The van der Waals surface area contributed by atoms with Crippen LogP contribution in [0.3, 0.4) is 0 Å². The first-order valence-electron chi connectivity index (χ1n) is 5.78. The second-order valence-corrected chi connectivity index (χ2v) is 5.32. The molecule has 1 atom stereocenters. The second kappa shape index (κ2) is 5.39. The number of halogens is 2. The molecule has 0 bridgehead atoms. The van der Waals surface area contributed by atoms with Crippen molar-refractivity contribution in [2.75, 3.05) is 6.61 Å². The summed E-state index contributed by atoms with van der Waals surface area (Å²) in [6.07, 6.45) is 4.99. The molecule has 0 heterocycles. The molecule has 0 aromatic heterocycles. The third-order valence-corrected chi connectivity index (χ3v) is 4.28. The molecular weight excluding hydrogens is 243 g/mol. The van der Waals surface area contributed by atoms with Crippen molar-refractivity contribution in [2.45, 2.75) is 31.6 Å². The van der Waals surface area contributed by atoms with Gasteiger partial charge < -0.3 is 5.11 Å². The fraction of sp³-hybridized carbons (Fsp3) is 0.538. The maximum Gasteiger partial charge on any atom is 0.0595 e. The van der Waals surface area contributed by atoms with Gasteiger partial charge in [-0.3, -0.25) is 0 Å². The van der Waals surface area contributed by atoms with Crippen LogP contribution in [0.1, 0.15) is 37.2 Å². The lowest BCUT2D eigenvalue weighted by Gasteiger charge is -2.21. The van der Waals surface area contributed by atoms with Crippen LogP contribution in [0.5, 0.6) is 0 Å². The van der Waals surface area contributed by atoms with Crippen molar-refractivity contribution in [1.82, 2.24) is 0 Å². The van der Waals surface area contributed by atoms with E-state index in [9.17, 15) is 5.11 Å². The van der Waals surface area contributed by atoms with E-state index in [0.717, 1.165) is 5.56 Å². The first kappa shape index (κ1) is 12.2. The molecule has 0 radical (unpaired) electrons. The van der Waals surface area contributed by atoms with Gasteiger partial charge in [-0.1, -0.05) is 42.1 Å². The third-order valence-electron chi connectivity index (χ3n) is 3.54. The predicted octanol–water partition coefficient (Wildman–Crippen LogP) is 4.26. The normalized spacial score (nSPS) is 18.9. The molecule has 1 aliphatic rings. The Morgan fingerprint density at radius 2 is 1.88 bits per heavy atom. The van der Waals surface area contributed by atoms with Gasteiger partial charge in [0.1, 0.15) is 0 Å². The Balaban J connectivity index is 2.22. The van der Waals surface area contributed by atoms with E-state index in [1.807, 2.05) is 18.2 Å². The van der Waals surface area contributed by atoms with Gasteiger partial charge >= 0.3 is 0 Å². The topological polar surface area (TPSA) is 20.2 Å². The molecule has 1 saturated carbocycles. The predicted molar refractivity (Wildman–Crippen MR) is 68.2 cm³/mol. The Hall–Kier alpha value is -0.240. The van der Waals surface area contributed by atoms with Crippen LogP contribution in [0.4, 0.5) is 0 Å². The average Bonchev–Trinajstić information content (AvgIpc) is 2.78. The summed E-state index contributed by atoms with van der Waals surface area (Å²) >= 11 is 11.9.